The zero-order valence-corrected chi connectivity index (χ0v) is 6.73. The van der Waals surface area contributed by atoms with Crippen LogP contribution in [0.2, 0.25) is 0 Å². The van der Waals surface area contributed by atoms with Crippen LogP contribution in [-0.2, 0) is 0 Å². The highest BCUT2D eigenvalue weighted by atomic mass is 16.3. The molecule has 0 aromatic carbocycles. The highest BCUT2D eigenvalue weighted by molar-refractivity contribution is 4.99. The summed E-state index contributed by atoms with van der Waals surface area (Å²) < 4.78 is 0. The summed E-state index contributed by atoms with van der Waals surface area (Å²) in [5.74, 6) is 0. The molecule has 0 unspecified atom stereocenters. The van der Waals surface area contributed by atoms with Gasteiger partial charge in [-0.1, -0.05) is 26.8 Å². The van der Waals surface area contributed by atoms with Gasteiger partial charge in [0.1, 0.15) is 0 Å². The summed E-state index contributed by atoms with van der Waals surface area (Å²) in [4.78, 5) is 0. The van der Waals surface area contributed by atoms with Crippen LogP contribution >= 0.6 is 0 Å². The van der Waals surface area contributed by atoms with E-state index in [1.54, 1.807) is 13.0 Å². The number of aliphatic hydroxyl groups is 1. The van der Waals surface area contributed by atoms with Crippen molar-refractivity contribution in [3.8, 4) is 0 Å². The molecule has 0 saturated carbocycles. The molecule has 0 aliphatic carbocycles. The fraction of sp³-hybridized carbons (Fsp3) is 0.750. The predicted molar refractivity (Wildman–Crippen MR) is 40.3 cm³/mol. The van der Waals surface area contributed by atoms with Gasteiger partial charge in [-0.15, -0.1) is 6.58 Å². The maximum Gasteiger partial charge on any atom is 0.0845 e. The van der Waals surface area contributed by atoms with Gasteiger partial charge in [-0.05, 0) is 12.3 Å². The maximum absolute atomic E-state index is 9.54. The van der Waals surface area contributed by atoms with E-state index in [9.17, 15) is 5.11 Å². The Labute approximate surface area is 57.4 Å². The van der Waals surface area contributed by atoms with Crippen molar-refractivity contribution in [1.29, 1.82) is 0 Å². The maximum atomic E-state index is 9.54. The molecule has 1 atom stereocenters. The van der Waals surface area contributed by atoms with Gasteiger partial charge >= 0.3 is 0 Å². The van der Waals surface area contributed by atoms with Crippen LogP contribution in [0.3, 0.4) is 0 Å². The van der Waals surface area contributed by atoms with E-state index >= 15 is 0 Å². The fourth-order valence-corrected chi connectivity index (χ4v) is 0.306. The van der Waals surface area contributed by atoms with Crippen LogP contribution < -0.4 is 0 Å². The molecular formula is C8H16O. The Morgan fingerprint density at radius 1 is 1.22 bits per heavy atom. The van der Waals surface area contributed by atoms with Crippen LogP contribution in [0.15, 0.2) is 12.7 Å². The van der Waals surface area contributed by atoms with E-state index in [0.717, 1.165) is 0 Å². The Balaban J connectivity index is 4.32. The van der Waals surface area contributed by atoms with Gasteiger partial charge in [0.05, 0.1) is 5.60 Å². The molecular weight excluding hydrogens is 112 g/mol. The van der Waals surface area contributed by atoms with Crippen molar-refractivity contribution in [3.05, 3.63) is 12.7 Å². The average Bonchev–Trinajstić information content (AvgIpc) is 1.64. The van der Waals surface area contributed by atoms with Crippen LogP contribution in [0.25, 0.3) is 0 Å². The number of hydrogen-bond donors (Lipinski definition) is 1. The first-order valence-electron chi connectivity index (χ1n) is 3.17. The van der Waals surface area contributed by atoms with Crippen molar-refractivity contribution >= 4 is 0 Å². The normalized spacial score (nSPS) is 18.8. The molecule has 1 N–H and O–H groups in total. The first kappa shape index (κ1) is 8.70. The standard InChI is InChI=1S/C8H16O/c1-6-8(5,9)7(2,3)4/h6,9H,1H2,2-5H3/t8-/m1/s1. The van der Waals surface area contributed by atoms with Gasteiger partial charge in [0.15, 0.2) is 0 Å². The first-order valence-corrected chi connectivity index (χ1v) is 3.17. The van der Waals surface area contributed by atoms with Gasteiger partial charge in [-0.3, -0.25) is 0 Å². The summed E-state index contributed by atoms with van der Waals surface area (Å²) in [6, 6.07) is 0. The van der Waals surface area contributed by atoms with E-state index in [2.05, 4.69) is 6.58 Å². The molecule has 54 valence electrons. The molecule has 0 aromatic rings. The predicted octanol–water partition coefficient (Wildman–Crippen LogP) is 1.97. The Bertz CT molecular complexity index is 106. The molecule has 0 aliphatic heterocycles. The highest BCUT2D eigenvalue weighted by Gasteiger charge is 2.31. The second-order valence-corrected chi connectivity index (χ2v) is 3.60. The molecule has 0 rings (SSSR count). The number of rotatable bonds is 1. The average molecular weight is 128 g/mol. The SMILES string of the molecule is C=C[C@@](C)(O)C(C)(C)C. The lowest BCUT2D eigenvalue weighted by atomic mass is 9.78. The topological polar surface area (TPSA) is 20.2 Å². The Kier molecular flexibility index (Phi) is 2.07. The third-order valence-electron chi connectivity index (χ3n) is 1.92. The van der Waals surface area contributed by atoms with E-state index in [4.69, 9.17) is 0 Å². The molecule has 0 aliphatic rings. The van der Waals surface area contributed by atoms with Gasteiger partial charge < -0.3 is 5.11 Å². The quantitative estimate of drug-likeness (QED) is 0.535. The van der Waals surface area contributed by atoms with Gasteiger partial charge in [-0.25, -0.2) is 0 Å². The lowest BCUT2D eigenvalue weighted by molar-refractivity contribution is 0.00396. The van der Waals surface area contributed by atoms with Gasteiger partial charge in [0.25, 0.3) is 0 Å². The van der Waals surface area contributed by atoms with Crippen LogP contribution in [-0.4, -0.2) is 10.7 Å². The van der Waals surface area contributed by atoms with Crippen molar-refractivity contribution in [3.63, 3.8) is 0 Å². The molecule has 0 radical (unpaired) electrons. The largest absolute Gasteiger partial charge is 0.386 e. The van der Waals surface area contributed by atoms with Crippen molar-refractivity contribution < 1.29 is 5.11 Å². The van der Waals surface area contributed by atoms with Crippen LogP contribution in [0, 0.1) is 5.41 Å². The zero-order valence-electron chi connectivity index (χ0n) is 6.73. The van der Waals surface area contributed by atoms with E-state index in [1.165, 1.54) is 0 Å². The molecule has 0 saturated heterocycles. The molecule has 1 nitrogen and oxygen atoms in total. The minimum atomic E-state index is -0.757. The van der Waals surface area contributed by atoms with Gasteiger partial charge in [0.2, 0.25) is 0 Å². The van der Waals surface area contributed by atoms with Crippen LogP contribution in [0.5, 0.6) is 0 Å². The second-order valence-electron chi connectivity index (χ2n) is 3.60. The summed E-state index contributed by atoms with van der Waals surface area (Å²) in [7, 11) is 0. The Morgan fingerprint density at radius 2 is 1.56 bits per heavy atom. The third kappa shape index (κ3) is 1.83. The molecule has 0 fully saturated rings. The van der Waals surface area contributed by atoms with Crippen molar-refractivity contribution in [1.82, 2.24) is 0 Å². The number of hydrogen-bond acceptors (Lipinski definition) is 1. The lowest BCUT2D eigenvalue weighted by Gasteiger charge is -2.33. The summed E-state index contributed by atoms with van der Waals surface area (Å²) in [5, 5.41) is 9.54. The highest BCUT2D eigenvalue weighted by Crippen LogP contribution is 2.30. The smallest absolute Gasteiger partial charge is 0.0845 e. The minimum absolute atomic E-state index is 0.116. The van der Waals surface area contributed by atoms with Crippen molar-refractivity contribution in [2.24, 2.45) is 5.41 Å². The Morgan fingerprint density at radius 3 is 1.56 bits per heavy atom. The molecule has 0 spiro atoms. The summed E-state index contributed by atoms with van der Waals surface area (Å²) in [6.45, 7) is 11.3. The van der Waals surface area contributed by atoms with Crippen molar-refractivity contribution in [2.45, 2.75) is 33.3 Å². The summed E-state index contributed by atoms with van der Waals surface area (Å²) in [6.07, 6.45) is 1.58. The molecule has 0 bridgehead atoms. The first-order chi connectivity index (χ1) is 3.81. The minimum Gasteiger partial charge on any atom is -0.386 e. The van der Waals surface area contributed by atoms with E-state index < -0.39 is 5.60 Å². The third-order valence-corrected chi connectivity index (χ3v) is 1.92. The second kappa shape index (κ2) is 2.14. The zero-order chi connectivity index (χ0) is 7.71. The van der Waals surface area contributed by atoms with Crippen molar-refractivity contribution in [2.75, 3.05) is 0 Å². The van der Waals surface area contributed by atoms with Crippen LogP contribution in [0.1, 0.15) is 27.7 Å². The van der Waals surface area contributed by atoms with E-state index in [1.807, 2.05) is 20.8 Å². The Hall–Kier alpha value is -0.300. The van der Waals surface area contributed by atoms with Crippen LogP contribution in [0.4, 0.5) is 0 Å². The van der Waals surface area contributed by atoms with Gasteiger partial charge in [-0.2, -0.15) is 0 Å². The molecule has 9 heavy (non-hydrogen) atoms. The summed E-state index contributed by atoms with van der Waals surface area (Å²) in [5.41, 5.74) is -0.873. The molecule has 1 heteroatoms. The van der Waals surface area contributed by atoms with E-state index in [-0.39, 0.29) is 5.41 Å². The molecule has 0 amide bonds. The van der Waals surface area contributed by atoms with E-state index in [0.29, 0.717) is 0 Å². The molecule has 0 heterocycles. The molecule has 0 aromatic heterocycles. The lowest BCUT2D eigenvalue weighted by Crippen LogP contribution is -2.37. The monoisotopic (exact) mass is 128 g/mol. The van der Waals surface area contributed by atoms with Gasteiger partial charge in [0, 0.05) is 0 Å². The summed E-state index contributed by atoms with van der Waals surface area (Å²) >= 11 is 0. The fourth-order valence-electron chi connectivity index (χ4n) is 0.306.